The van der Waals surface area contributed by atoms with Crippen LogP contribution in [-0.2, 0) is 12.8 Å². The Kier molecular flexibility index (Phi) is 26.7. The van der Waals surface area contributed by atoms with Gasteiger partial charge in [0, 0.05) is 95.0 Å². The number of likely N-dealkylation sites (tertiary alicyclic amines) is 6. The van der Waals surface area contributed by atoms with Crippen LogP contribution < -0.4 is 0 Å². The average molecular weight is 984 g/mol. The third kappa shape index (κ3) is 20.7. The molecule has 71 heavy (non-hydrogen) atoms. The van der Waals surface area contributed by atoms with Crippen molar-refractivity contribution in [3.8, 4) is 0 Å². The fourth-order valence-corrected chi connectivity index (χ4v) is 13.4. The third-order valence-corrected chi connectivity index (χ3v) is 18.1. The Bertz CT molecular complexity index is 1580. The number of nitrogens with zero attached hydrogens (tertiary/aromatic N) is 6. The monoisotopic (exact) mass is 983 g/mol. The van der Waals surface area contributed by atoms with Crippen LogP contribution in [0.2, 0.25) is 0 Å². The summed E-state index contributed by atoms with van der Waals surface area (Å²) < 4.78 is 0. The topological polar surface area (TPSA) is 19.4 Å². The maximum atomic E-state index is 2.65. The highest BCUT2D eigenvalue weighted by molar-refractivity contribution is 5.15. The van der Waals surface area contributed by atoms with Crippen LogP contribution in [0.4, 0.5) is 0 Å². The van der Waals surface area contributed by atoms with E-state index in [1.165, 1.54) is 180 Å². The molecule has 0 bridgehead atoms. The second kappa shape index (κ2) is 30.7. The number of benzene rings is 2. The van der Waals surface area contributed by atoms with Gasteiger partial charge in [-0.2, -0.15) is 0 Å². The van der Waals surface area contributed by atoms with E-state index >= 15 is 0 Å². The van der Waals surface area contributed by atoms with Crippen molar-refractivity contribution in [2.75, 3.05) is 92.6 Å². The molecule has 2 aromatic carbocycles. The molecule has 8 fully saturated rings. The van der Waals surface area contributed by atoms with Crippen LogP contribution >= 0.6 is 0 Å². The lowest BCUT2D eigenvalue weighted by Gasteiger charge is -2.46. The maximum Gasteiger partial charge on any atom is 0.00968 e. The molecule has 2 saturated carbocycles. The fraction of sp³-hybridized carbons (Fsp3) is 0.815. The molecular weight excluding hydrogens is 865 g/mol. The molecule has 8 aliphatic rings. The van der Waals surface area contributed by atoms with E-state index in [1.807, 2.05) is 0 Å². The number of hydrogen-bond acceptors (Lipinski definition) is 6. The number of rotatable bonds is 12. The first kappa shape index (κ1) is 61.7. The summed E-state index contributed by atoms with van der Waals surface area (Å²) in [5, 5.41) is 0. The minimum absolute atomic E-state index is 0. The molecule has 6 heteroatoms. The van der Waals surface area contributed by atoms with Crippen molar-refractivity contribution in [1.82, 2.24) is 29.4 Å². The lowest BCUT2D eigenvalue weighted by atomic mass is 9.68. The zero-order valence-corrected chi connectivity index (χ0v) is 48.6. The molecule has 10 rings (SSSR count). The van der Waals surface area contributed by atoms with E-state index in [9.17, 15) is 0 Å². The Morgan fingerprint density at radius 1 is 0.423 bits per heavy atom. The molecule has 4 atom stereocenters. The summed E-state index contributed by atoms with van der Waals surface area (Å²) in [4.78, 5) is 15.4. The molecule has 2 aromatic rings. The van der Waals surface area contributed by atoms with Gasteiger partial charge < -0.3 is 29.4 Å². The van der Waals surface area contributed by atoms with E-state index in [0.29, 0.717) is 5.41 Å². The van der Waals surface area contributed by atoms with Crippen molar-refractivity contribution in [3.63, 3.8) is 0 Å². The van der Waals surface area contributed by atoms with E-state index in [0.717, 1.165) is 65.1 Å². The Balaban J connectivity index is 0.000000185. The van der Waals surface area contributed by atoms with Crippen LogP contribution in [0, 0.1) is 46.3 Å². The summed E-state index contributed by atoms with van der Waals surface area (Å²) >= 11 is 0. The Hall–Kier alpha value is -1.80. The van der Waals surface area contributed by atoms with Crippen molar-refractivity contribution < 1.29 is 0 Å². The first-order valence-corrected chi connectivity index (χ1v) is 29.8. The molecule has 2 spiro atoms. The van der Waals surface area contributed by atoms with Gasteiger partial charge in [-0.1, -0.05) is 121 Å². The van der Waals surface area contributed by atoms with Crippen molar-refractivity contribution in [2.45, 2.75) is 205 Å². The summed E-state index contributed by atoms with van der Waals surface area (Å²) in [6.45, 7) is 43.8. The average Bonchev–Trinajstić information content (AvgIpc) is 4.15. The first-order chi connectivity index (χ1) is 33.3. The summed E-state index contributed by atoms with van der Waals surface area (Å²) in [5.74, 6) is 5.76. The number of hydrogen-bond donors (Lipinski definition) is 0. The van der Waals surface area contributed by atoms with Crippen LogP contribution in [0.3, 0.4) is 0 Å². The van der Waals surface area contributed by atoms with Gasteiger partial charge in [-0.15, -0.1) is 0 Å². The highest BCUT2D eigenvalue weighted by Crippen LogP contribution is 2.48. The summed E-state index contributed by atoms with van der Waals surface area (Å²) in [6, 6.07) is 24.5. The molecular formula is C65H118N6. The smallest absolute Gasteiger partial charge is 0.00968 e. The standard InChI is InChI=1S/2C12H18.2C10H20N2.2C10H19N.CH4/c2*1-11(2)7-6-10-12-8-4-3-5-9-12;1-8(2)12-6-9-4-11(3)5-10(9)7-12;1-9(2)12-5-4-10(8-12)6-11(3)7-10;1-8(2)11-6-9-4-3-5-10(9)7-11;1-9(2)11-7-6-10(8-11)4-3-5-10;/h2*3-5,8-9,11H,6-7,10H2,1-2H3;8-10H,4-7H2,1-3H3;9H,4-8H2,1-3H3;8-10H,3-7H2,1-2H3;9H,3-8H2,1-2H3;1H4. The van der Waals surface area contributed by atoms with Crippen LogP contribution in [-0.4, -0.2) is 146 Å². The molecule has 0 radical (unpaired) electrons. The highest BCUT2D eigenvalue weighted by Gasteiger charge is 2.46. The molecule has 408 valence electrons. The molecule has 6 saturated heterocycles. The Morgan fingerprint density at radius 3 is 1.13 bits per heavy atom. The largest absolute Gasteiger partial charge is 0.306 e. The van der Waals surface area contributed by atoms with Gasteiger partial charge in [0.05, 0.1) is 0 Å². The van der Waals surface area contributed by atoms with Gasteiger partial charge in [0.2, 0.25) is 0 Å². The number of fused-ring (bicyclic) bond motifs is 2. The van der Waals surface area contributed by atoms with Gasteiger partial charge in [0.15, 0.2) is 0 Å². The summed E-state index contributed by atoms with van der Waals surface area (Å²) in [7, 11) is 4.47. The van der Waals surface area contributed by atoms with Gasteiger partial charge >= 0.3 is 0 Å². The van der Waals surface area contributed by atoms with Crippen molar-refractivity contribution in [2.24, 2.45) is 46.3 Å². The van der Waals surface area contributed by atoms with Crippen LogP contribution in [0.5, 0.6) is 0 Å². The molecule has 0 amide bonds. The third-order valence-electron chi connectivity index (χ3n) is 18.1. The molecule has 2 aliphatic carbocycles. The Morgan fingerprint density at radius 2 is 0.803 bits per heavy atom. The normalized spacial score (nSPS) is 25.6. The fourth-order valence-electron chi connectivity index (χ4n) is 13.4. The molecule has 6 heterocycles. The van der Waals surface area contributed by atoms with Gasteiger partial charge in [0.25, 0.3) is 0 Å². The van der Waals surface area contributed by atoms with E-state index in [1.54, 1.807) is 0 Å². The predicted molar refractivity (Wildman–Crippen MR) is 313 cm³/mol. The summed E-state index contributed by atoms with van der Waals surface area (Å²) in [6.07, 6.45) is 19.7. The van der Waals surface area contributed by atoms with E-state index < -0.39 is 0 Å². The predicted octanol–water partition coefficient (Wildman–Crippen LogP) is 14.3. The Labute approximate surface area is 442 Å². The molecule has 6 nitrogen and oxygen atoms in total. The van der Waals surface area contributed by atoms with E-state index in [2.05, 4.69) is 187 Å². The van der Waals surface area contributed by atoms with Gasteiger partial charge in [0.1, 0.15) is 0 Å². The van der Waals surface area contributed by atoms with Gasteiger partial charge in [-0.25, -0.2) is 0 Å². The van der Waals surface area contributed by atoms with Crippen molar-refractivity contribution in [1.29, 1.82) is 0 Å². The SMILES string of the molecule is C.CC(C)CCCc1ccccc1.CC(C)CCCc1ccccc1.CC(C)N1CC2CCCC2C1.CC(C)N1CC2CN(C)CC2C1.CC(C)N1CCC2(CCC2)C1.CC(C)N1CCC2(CN(C)C2)C1. The van der Waals surface area contributed by atoms with Gasteiger partial charge in [-0.3, -0.25) is 0 Å². The van der Waals surface area contributed by atoms with Gasteiger partial charge in [-0.05, 0) is 199 Å². The minimum atomic E-state index is 0. The summed E-state index contributed by atoms with van der Waals surface area (Å²) in [5.41, 5.74) is 4.43. The second-order valence-corrected chi connectivity index (χ2v) is 26.5. The van der Waals surface area contributed by atoms with Crippen molar-refractivity contribution >= 4 is 0 Å². The molecule has 4 unspecified atom stereocenters. The van der Waals surface area contributed by atoms with E-state index in [-0.39, 0.29) is 7.43 Å². The molecule has 6 aliphatic heterocycles. The zero-order chi connectivity index (χ0) is 50.8. The molecule has 0 N–H and O–H groups in total. The second-order valence-electron chi connectivity index (χ2n) is 26.5. The maximum absolute atomic E-state index is 2.65. The van der Waals surface area contributed by atoms with Crippen molar-refractivity contribution in [3.05, 3.63) is 71.8 Å². The minimum Gasteiger partial charge on any atom is -0.306 e. The highest BCUT2D eigenvalue weighted by atomic mass is 15.3. The lowest BCUT2D eigenvalue weighted by molar-refractivity contribution is 0.0280. The van der Waals surface area contributed by atoms with Crippen LogP contribution in [0.25, 0.3) is 0 Å². The van der Waals surface area contributed by atoms with Crippen LogP contribution in [0.15, 0.2) is 60.7 Å². The quantitative estimate of drug-likeness (QED) is 0.210. The van der Waals surface area contributed by atoms with E-state index in [4.69, 9.17) is 0 Å². The first-order valence-electron chi connectivity index (χ1n) is 29.8. The lowest BCUT2D eigenvalue weighted by Crippen LogP contribution is -2.55. The number of aryl methyl sites for hydroxylation is 2. The zero-order valence-electron chi connectivity index (χ0n) is 48.6. The molecule has 0 aromatic heterocycles. The van der Waals surface area contributed by atoms with Crippen LogP contribution in [0.1, 0.15) is 179 Å².